The second-order valence-electron chi connectivity index (χ2n) is 5.26. The molecule has 1 N–H and O–H groups in total. The first-order valence-corrected chi connectivity index (χ1v) is 7.37. The van der Waals surface area contributed by atoms with E-state index < -0.39 is 0 Å². The van der Waals surface area contributed by atoms with Gasteiger partial charge in [0.2, 0.25) is 0 Å². The number of benzene rings is 1. The molecule has 0 radical (unpaired) electrons. The first-order valence-electron chi connectivity index (χ1n) is 7.37. The standard InChI is InChI=1S/C16H25NO2/c1-4-12(3)10-14(17-5-2)13-6-7-15-16(11-13)19-9-8-18-15/h6-7,11-12,14,17H,4-5,8-10H2,1-3H3. The topological polar surface area (TPSA) is 30.5 Å². The SMILES string of the molecule is CCNC(CC(C)CC)c1ccc2c(c1)OCCO2. The Hall–Kier alpha value is -1.22. The molecule has 1 aliphatic rings. The summed E-state index contributed by atoms with van der Waals surface area (Å²) in [6.45, 7) is 8.99. The maximum absolute atomic E-state index is 5.67. The molecule has 1 aromatic rings. The number of ether oxygens (including phenoxy) is 2. The minimum Gasteiger partial charge on any atom is -0.486 e. The Morgan fingerprint density at radius 3 is 2.58 bits per heavy atom. The Morgan fingerprint density at radius 1 is 1.16 bits per heavy atom. The van der Waals surface area contributed by atoms with Crippen LogP contribution >= 0.6 is 0 Å². The zero-order chi connectivity index (χ0) is 13.7. The van der Waals surface area contributed by atoms with Gasteiger partial charge in [0.1, 0.15) is 13.2 Å². The largest absolute Gasteiger partial charge is 0.486 e. The fraction of sp³-hybridized carbons (Fsp3) is 0.625. The highest BCUT2D eigenvalue weighted by molar-refractivity contribution is 5.44. The fourth-order valence-corrected chi connectivity index (χ4v) is 2.43. The van der Waals surface area contributed by atoms with Crippen LogP contribution in [0.15, 0.2) is 18.2 Å². The van der Waals surface area contributed by atoms with Gasteiger partial charge < -0.3 is 14.8 Å². The number of hydrogen-bond donors (Lipinski definition) is 1. The lowest BCUT2D eigenvalue weighted by Gasteiger charge is -2.24. The first-order chi connectivity index (χ1) is 9.24. The third-order valence-electron chi connectivity index (χ3n) is 3.75. The molecule has 19 heavy (non-hydrogen) atoms. The molecule has 3 heteroatoms. The van der Waals surface area contributed by atoms with Crippen LogP contribution in [0.5, 0.6) is 11.5 Å². The van der Waals surface area contributed by atoms with Gasteiger partial charge in [-0.25, -0.2) is 0 Å². The molecule has 0 aromatic heterocycles. The normalized spacial score (nSPS) is 17.0. The fourth-order valence-electron chi connectivity index (χ4n) is 2.43. The molecular weight excluding hydrogens is 238 g/mol. The summed E-state index contributed by atoms with van der Waals surface area (Å²) in [4.78, 5) is 0. The highest BCUT2D eigenvalue weighted by atomic mass is 16.6. The second-order valence-corrected chi connectivity index (χ2v) is 5.26. The Balaban J connectivity index is 2.16. The Bertz CT molecular complexity index is 406. The summed E-state index contributed by atoms with van der Waals surface area (Å²) in [6.07, 6.45) is 2.37. The summed E-state index contributed by atoms with van der Waals surface area (Å²) in [5.41, 5.74) is 1.30. The number of hydrogen-bond acceptors (Lipinski definition) is 3. The molecule has 0 fully saturated rings. The van der Waals surface area contributed by atoms with E-state index in [9.17, 15) is 0 Å². The smallest absolute Gasteiger partial charge is 0.161 e. The van der Waals surface area contributed by atoms with Crippen molar-refractivity contribution in [1.82, 2.24) is 5.32 Å². The number of fused-ring (bicyclic) bond motifs is 1. The first kappa shape index (κ1) is 14.2. The average molecular weight is 263 g/mol. The van der Waals surface area contributed by atoms with Gasteiger partial charge in [0, 0.05) is 6.04 Å². The van der Waals surface area contributed by atoms with Gasteiger partial charge in [-0.2, -0.15) is 0 Å². The average Bonchev–Trinajstić information content (AvgIpc) is 2.46. The van der Waals surface area contributed by atoms with Crippen molar-refractivity contribution in [2.45, 2.75) is 39.7 Å². The zero-order valence-corrected chi connectivity index (χ0v) is 12.2. The van der Waals surface area contributed by atoms with Gasteiger partial charge in [-0.15, -0.1) is 0 Å². The highest BCUT2D eigenvalue weighted by Crippen LogP contribution is 2.34. The number of nitrogens with one attached hydrogen (secondary N) is 1. The van der Waals surface area contributed by atoms with Crippen molar-refractivity contribution < 1.29 is 9.47 Å². The molecule has 2 rings (SSSR count). The van der Waals surface area contributed by atoms with Crippen molar-refractivity contribution >= 4 is 0 Å². The lowest BCUT2D eigenvalue weighted by atomic mass is 9.94. The molecule has 0 amide bonds. The van der Waals surface area contributed by atoms with E-state index in [-0.39, 0.29) is 0 Å². The molecule has 0 aliphatic carbocycles. The molecule has 0 saturated heterocycles. The molecule has 0 bridgehead atoms. The second kappa shape index (κ2) is 6.80. The lowest BCUT2D eigenvalue weighted by molar-refractivity contribution is 0.171. The minimum atomic E-state index is 0.399. The third kappa shape index (κ3) is 3.63. The van der Waals surface area contributed by atoms with Crippen LogP contribution < -0.4 is 14.8 Å². The van der Waals surface area contributed by atoms with Gasteiger partial charge in [0.25, 0.3) is 0 Å². The van der Waals surface area contributed by atoms with Crippen molar-refractivity contribution in [3.05, 3.63) is 23.8 Å². The van der Waals surface area contributed by atoms with E-state index in [4.69, 9.17) is 9.47 Å². The van der Waals surface area contributed by atoms with Gasteiger partial charge in [0.15, 0.2) is 11.5 Å². The van der Waals surface area contributed by atoms with E-state index in [0.29, 0.717) is 19.3 Å². The molecule has 106 valence electrons. The van der Waals surface area contributed by atoms with Crippen molar-refractivity contribution in [3.63, 3.8) is 0 Å². The molecule has 0 spiro atoms. The van der Waals surface area contributed by atoms with Crippen LogP contribution in [0.25, 0.3) is 0 Å². The molecule has 3 nitrogen and oxygen atoms in total. The van der Waals surface area contributed by atoms with Gasteiger partial charge >= 0.3 is 0 Å². The van der Waals surface area contributed by atoms with Crippen LogP contribution in [0.1, 0.15) is 45.2 Å². The Labute approximate surface area is 116 Å². The quantitative estimate of drug-likeness (QED) is 0.851. The molecule has 1 aliphatic heterocycles. The highest BCUT2D eigenvalue weighted by Gasteiger charge is 2.17. The van der Waals surface area contributed by atoms with Crippen molar-refractivity contribution in [1.29, 1.82) is 0 Å². The monoisotopic (exact) mass is 263 g/mol. The lowest BCUT2D eigenvalue weighted by Crippen LogP contribution is -2.23. The summed E-state index contributed by atoms with van der Waals surface area (Å²) in [6, 6.07) is 6.72. The summed E-state index contributed by atoms with van der Waals surface area (Å²) in [5, 5.41) is 3.57. The maximum atomic E-state index is 5.67. The van der Waals surface area contributed by atoms with Gasteiger partial charge in [0.05, 0.1) is 0 Å². The summed E-state index contributed by atoms with van der Waals surface area (Å²) < 4.78 is 11.2. The molecule has 0 saturated carbocycles. The Kier molecular flexibility index (Phi) is 5.08. The minimum absolute atomic E-state index is 0.399. The predicted molar refractivity (Wildman–Crippen MR) is 77.9 cm³/mol. The summed E-state index contributed by atoms with van der Waals surface area (Å²) in [5.74, 6) is 2.47. The third-order valence-corrected chi connectivity index (χ3v) is 3.75. The molecule has 2 unspecified atom stereocenters. The van der Waals surface area contributed by atoms with Gasteiger partial charge in [-0.05, 0) is 36.6 Å². The van der Waals surface area contributed by atoms with Crippen molar-refractivity contribution in [2.24, 2.45) is 5.92 Å². The van der Waals surface area contributed by atoms with Crippen LogP contribution in [0.4, 0.5) is 0 Å². The Morgan fingerprint density at radius 2 is 1.89 bits per heavy atom. The van der Waals surface area contributed by atoms with Crippen molar-refractivity contribution in [3.8, 4) is 11.5 Å². The number of rotatable bonds is 6. The van der Waals surface area contributed by atoms with E-state index in [2.05, 4.69) is 38.2 Å². The van der Waals surface area contributed by atoms with Gasteiger partial charge in [-0.1, -0.05) is 33.3 Å². The molecule has 1 heterocycles. The van der Waals surface area contributed by atoms with Crippen LogP contribution in [-0.2, 0) is 0 Å². The molecule has 2 atom stereocenters. The van der Waals surface area contributed by atoms with E-state index >= 15 is 0 Å². The molecule has 1 aromatic carbocycles. The van der Waals surface area contributed by atoms with E-state index in [1.807, 2.05) is 6.07 Å². The van der Waals surface area contributed by atoms with Crippen LogP contribution in [-0.4, -0.2) is 19.8 Å². The summed E-state index contributed by atoms with van der Waals surface area (Å²) >= 11 is 0. The van der Waals surface area contributed by atoms with Crippen LogP contribution in [0.3, 0.4) is 0 Å². The van der Waals surface area contributed by atoms with E-state index in [1.165, 1.54) is 12.0 Å². The summed E-state index contributed by atoms with van der Waals surface area (Å²) in [7, 11) is 0. The van der Waals surface area contributed by atoms with Crippen molar-refractivity contribution in [2.75, 3.05) is 19.8 Å². The van der Waals surface area contributed by atoms with Crippen LogP contribution in [0.2, 0.25) is 0 Å². The maximum Gasteiger partial charge on any atom is 0.161 e. The van der Waals surface area contributed by atoms with E-state index in [0.717, 1.165) is 30.4 Å². The zero-order valence-electron chi connectivity index (χ0n) is 12.2. The predicted octanol–water partition coefficient (Wildman–Crippen LogP) is 3.54. The molecular formula is C16H25NO2. The van der Waals surface area contributed by atoms with Gasteiger partial charge in [-0.3, -0.25) is 0 Å². The van der Waals surface area contributed by atoms with E-state index in [1.54, 1.807) is 0 Å². The van der Waals surface area contributed by atoms with Crippen LogP contribution in [0, 0.1) is 5.92 Å².